The molecule has 0 spiro atoms. The van der Waals surface area contributed by atoms with E-state index in [0.717, 1.165) is 0 Å². The Balaban J connectivity index is 2.33. The third kappa shape index (κ3) is 1.09. The molecule has 0 atom stereocenters. The van der Waals surface area contributed by atoms with E-state index in [1.807, 2.05) is 0 Å². The lowest BCUT2D eigenvalue weighted by Crippen LogP contribution is -1.91. The zero-order valence-corrected chi connectivity index (χ0v) is 6.59. The maximum Gasteiger partial charge on any atom is -0.0155 e. The van der Waals surface area contributed by atoms with Gasteiger partial charge in [0.25, 0.3) is 0 Å². The van der Waals surface area contributed by atoms with Crippen LogP contribution < -0.4 is 0 Å². The maximum atomic E-state index is 3.83. The number of allylic oxidation sites excluding steroid dienone is 1. The second kappa shape index (κ2) is 2.54. The van der Waals surface area contributed by atoms with Crippen LogP contribution in [0.1, 0.15) is 11.1 Å². The van der Waals surface area contributed by atoms with Crippen LogP contribution in [0.5, 0.6) is 0 Å². The quantitative estimate of drug-likeness (QED) is 0.531. The van der Waals surface area contributed by atoms with Gasteiger partial charge in [-0.1, -0.05) is 30.3 Å². The molecule has 0 bridgehead atoms. The van der Waals surface area contributed by atoms with Gasteiger partial charge in [-0.3, -0.25) is 0 Å². The highest BCUT2D eigenvalue weighted by Gasteiger charge is 2.17. The summed E-state index contributed by atoms with van der Waals surface area (Å²) in [7, 11) is 0. The smallest absolute Gasteiger partial charge is 0.0155 e. The van der Waals surface area contributed by atoms with E-state index in [9.17, 15) is 0 Å². The molecule has 0 amide bonds. The number of rotatable bonds is 1. The van der Waals surface area contributed by atoms with E-state index < -0.39 is 0 Å². The molecule has 0 heterocycles. The van der Waals surface area contributed by atoms with Gasteiger partial charge in [0.15, 0.2) is 0 Å². The molecule has 0 aliphatic heterocycles. The molecule has 1 aromatic rings. The molecule has 0 radical (unpaired) electrons. The van der Waals surface area contributed by atoms with E-state index in [4.69, 9.17) is 0 Å². The predicted octanol–water partition coefficient (Wildman–Crippen LogP) is 2.59. The molecule has 0 heteroatoms. The third-order valence-corrected chi connectivity index (χ3v) is 2.42. The highest BCUT2D eigenvalue weighted by Crippen LogP contribution is 2.26. The van der Waals surface area contributed by atoms with Gasteiger partial charge in [0.05, 0.1) is 0 Å². The van der Waals surface area contributed by atoms with Crippen molar-refractivity contribution in [3.8, 4) is 0 Å². The first kappa shape index (κ1) is 6.66. The van der Waals surface area contributed by atoms with Crippen molar-refractivity contribution in [2.75, 3.05) is 0 Å². The number of hydrogen-bond acceptors (Lipinski definition) is 0. The molecule has 56 valence electrons. The van der Waals surface area contributed by atoms with E-state index in [2.05, 4.69) is 36.9 Å². The summed E-state index contributed by atoms with van der Waals surface area (Å²) < 4.78 is 0. The van der Waals surface area contributed by atoms with Crippen LogP contribution in [0.4, 0.5) is 0 Å². The Bertz CT molecular complexity index is 248. The largest absolute Gasteiger partial charge is 0.103 e. The minimum absolute atomic E-state index is 0.687. The average Bonchev–Trinajstić information content (AvgIpc) is 2.46. The van der Waals surface area contributed by atoms with Crippen LogP contribution in [0.25, 0.3) is 0 Å². The van der Waals surface area contributed by atoms with Gasteiger partial charge in [0.2, 0.25) is 0 Å². The second-order valence-electron chi connectivity index (χ2n) is 3.17. The first-order valence-corrected chi connectivity index (χ1v) is 4.09. The first-order chi connectivity index (χ1) is 5.40. The van der Waals surface area contributed by atoms with E-state index in [1.165, 1.54) is 24.0 Å². The standard InChI is InChI=1S/C11H12/c1-2-9-7-10-5-3-4-6-11(10)8-9/h2-6,9H,1,7-8H2. The molecule has 11 heavy (non-hydrogen) atoms. The van der Waals surface area contributed by atoms with E-state index in [0.29, 0.717) is 5.92 Å². The molecule has 0 unspecified atom stereocenters. The molecular formula is C11H12. The topological polar surface area (TPSA) is 0 Å². The van der Waals surface area contributed by atoms with Crippen molar-refractivity contribution in [2.45, 2.75) is 12.8 Å². The molecule has 1 aliphatic rings. The molecule has 0 saturated carbocycles. The van der Waals surface area contributed by atoms with E-state index >= 15 is 0 Å². The van der Waals surface area contributed by atoms with Gasteiger partial charge < -0.3 is 0 Å². The molecule has 0 saturated heterocycles. The van der Waals surface area contributed by atoms with Crippen molar-refractivity contribution in [1.29, 1.82) is 0 Å². The Labute approximate surface area is 67.6 Å². The van der Waals surface area contributed by atoms with Crippen LogP contribution in [0, 0.1) is 5.92 Å². The summed E-state index contributed by atoms with van der Waals surface area (Å²) in [4.78, 5) is 0. The Hall–Kier alpha value is -1.04. The summed E-state index contributed by atoms with van der Waals surface area (Å²) in [6.45, 7) is 3.83. The van der Waals surface area contributed by atoms with Crippen molar-refractivity contribution < 1.29 is 0 Å². The van der Waals surface area contributed by atoms with Gasteiger partial charge in [-0.25, -0.2) is 0 Å². The molecule has 0 fully saturated rings. The summed E-state index contributed by atoms with van der Waals surface area (Å²) in [6, 6.07) is 8.67. The van der Waals surface area contributed by atoms with Crippen molar-refractivity contribution >= 4 is 0 Å². The number of hydrogen-bond donors (Lipinski definition) is 0. The molecule has 0 nitrogen and oxygen atoms in total. The highest BCUT2D eigenvalue weighted by atomic mass is 14.2. The number of benzene rings is 1. The fourth-order valence-electron chi connectivity index (χ4n) is 1.76. The van der Waals surface area contributed by atoms with E-state index in [-0.39, 0.29) is 0 Å². The van der Waals surface area contributed by atoms with Crippen LogP contribution in [-0.4, -0.2) is 0 Å². The van der Waals surface area contributed by atoms with Crippen LogP contribution in [0.3, 0.4) is 0 Å². The van der Waals surface area contributed by atoms with Gasteiger partial charge in [0.1, 0.15) is 0 Å². The van der Waals surface area contributed by atoms with Gasteiger partial charge in [-0.15, -0.1) is 6.58 Å². The van der Waals surface area contributed by atoms with Crippen LogP contribution in [0.15, 0.2) is 36.9 Å². The Morgan fingerprint density at radius 3 is 2.18 bits per heavy atom. The Morgan fingerprint density at radius 1 is 1.18 bits per heavy atom. The van der Waals surface area contributed by atoms with Gasteiger partial charge in [-0.05, 0) is 29.9 Å². The monoisotopic (exact) mass is 144 g/mol. The van der Waals surface area contributed by atoms with Crippen molar-refractivity contribution in [1.82, 2.24) is 0 Å². The number of fused-ring (bicyclic) bond motifs is 1. The van der Waals surface area contributed by atoms with Crippen molar-refractivity contribution in [2.24, 2.45) is 5.92 Å². The fourth-order valence-corrected chi connectivity index (χ4v) is 1.76. The maximum absolute atomic E-state index is 3.83. The van der Waals surface area contributed by atoms with Gasteiger partial charge >= 0.3 is 0 Å². The summed E-state index contributed by atoms with van der Waals surface area (Å²) in [6.07, 6.45) is 4.46. The van der Waals surface area contributed by atoms with Gasteiger partial charge in [-0.2, -0.15) is 0 Å². The van der Waals surface area contributed by atoms with Crippen molar-refractivity contribution in [3.05, 3.63) is 48.0 Å². The molecule has 2 rings (SSSR count). The Kier molecular flexibility index (Phi) is 1.54. The summed E-state index contributed by atoms with van der Waals surface area (Å²) in [5.74, 6) is 0.687. The lowest BCUT2D eigenvalue weighted by Gasteiger charge is -1.96. The van der Waals surface area contributed by atoms with Crippen LogP contribution in [-0.2, 0) is 12.8 Å². The molecule has 1 aromatic carbocycles. The lowest BCUT2D eigenvalue weighted by molar-refractivity contribution is 0.706. The highest BCUT2D eigenvalue weighted by molar-refractivity contribution is 5.33. The van der Waals surface area contributed by atoms with Crippen LogP contribution >= 0.6 is 0 Å². The lowest BCUT2D eigenvalue weighted by atomic mass is 10.1. The SMILES string of the molecule is C=CC1Cc2ccccc2C1. The third-order valence-electron chi connectivity index (χ3n) is 2.42. The normalized spacial score (nSPS) is 16.4. The summed E-state index contributed by atoms with van der Waals surface area (Å²) in [5.41, 5.74) is 3.02. The molecule has 0 N–H and O–H groups in total. The van der Waals surface area contributed by atoms with Crippen molar-refractivity contribution in [3.63, 3.8) is 0 Å². The second-order valence-corrected chi connectivity index (χ2v) is 3.17. The summed E-state index contributed by atoms with van der Waals surface area (Å²) >= 11 is 0. The molecule has 0 aromatic heterocycles. The zero-order valence-electron chi connectivity index (χ0n) is 6.59. The van der Waals surface area contributed by atoms with E-state index in [1.54, 1.807) is 0 Å². The minimum atomic E-state index is 0.687. The minimum Gasteiger partial charge on any atom is -0.103 e. The zero-order chi connectivity index (χ0) is 7.68. The molecule has 1 aliphatic carbocycles. The first-order valence-electron chi connectivity index (χ1n) is 4.09. The Morgan fingerprint density at radius 2 is 1.73 bits per heavy atom. The fraction of sp³-hybridized carbons (Fsp3) is 0.273. The predicted molar refractivity (Wildman–Crippen MR) is 47.5 cm³/mol. The van der Waals surface area contributed by atoms with Crippen LogP contribution in [0.2, 0.25) is 0 Å². The average molecular weight is 144 g/mol. The van der Waals surface area contributed by atoms with Gasteiger partial charge in [0, 0.05) is 0 Å². The molecular weight excluding hydrogens is 132 g/mol. The summed E-state index contributed by atoms with van der Waals surface area (Å²) in [5, 5.41) is 0.